The lowest BCUT2D eigenvalue weighted by Gasteiger charge is -2.21. The van der Waals surface area contributed by atoms with Gasteiger partial charge < -0.3 is 10.0 Å². The summed E-state index contributed by atoms with van der Waals surface area (Å²) in [5.41, 5.74) is 0.149. The van der Waals surface area contributed by atoms with Crippen molar-refractivity contribution in [2.24, 2.45) is 0 Å². The lowest BCUT2D eigenvalue weighted by Crippen LogP contribution is -2.36. The van der Waals surface area contributed by atoms with Crippen LogP contribution in [0.4, 0.5) is 4.39 Å². The Bertz CT molecular complexity index is 442. The SMILES string of the molecule is O=C(c1cccc(F)n1)N1CCCN(CCO)CC1. The number of halogens is 1. The Kier molecular flexibility index (Phi) is 4.81. The molecule has 0 aromatic carbocycles. The molecule has 1 fully saturated rings. The predicted molar refractivity (Wildman–Crippen MR) is 68.2 cm³/mol. The first-order valence-corrected chi connectivity index (χ1v) is 6.46. The van der Waals surface area contributed by atoms with Crippen molar-refractivity contribution in [1.29, 1.82) is 0 Å². The zero-order chi connectivity index (χ0) is 13.7. The summed E-state index contributed by atoms with van der Waals surface area (Å²) in [6.07, 6.45) is 0.848. The number of hydrogen-bond donors (Lipinski definition) is 1. The molecule has 6 heteroatoms. The standard InChI is InChI=1S/C13H18FN3O2/c14-12-4-1-3-11(15-12)13(19)17-6-2-5-16(7-8-17)9-10-18/h1,3-4,18H,2,5-10H2. The molecule has 0 radical (unpaired) electrons. The highest BCUT2D eigenvalue weighted by atomic mass is 19.1. The number of aromatic nitrogens is 1. The van der Waals surface area contributed by atoms with Crippen LogP contribution in [0.2, 0.25) is 0 Å². The van der Waals surface area contributed by atoms with Crippen molar-refractivity contribution in [3.8, 4) is 0 Å². The third-order valence-corrected chi connectivity index (χ3v) is 3.23. The number of pyridine rings is 1. The van der Waals surface area contributed by atoms with Crippen molar-refractivity contribution in [1.82, 2.24) is 14.8 Å². The van der Waals surface area contributed by atoms with Crippen molar-refractivity contribution < 1.29 is 14.3 Å². The van der Waals surface area contributed by atoms with Crippen molar-refractivity contribution in [2.75, 3.05) is 39.3 Å². The van der Waals surface area contributed by atoms with Crippen LogP contribution in [0.3, 0.4) is 0 Å². The van der Waals surface area contributed by atoms with Gasteiger partial charge in [0.25, 0.3) is 5.91 Å². The van der Waals surface area contributed by atoms with E-state index in [0.29, 0.717) is 19.6 Å². The fraction of sp³-hybridized carbons (Fsp3) is 0.538. The number of aliphatic hydroxyl groups excluding tert-OH is 1. The third-order valence-electron chi connectivity index (χ3n) is 3.23. The van der Waals surface area contributed by atoms with E-state index in [0.717, 1.165) is 19.5 Å². The number of carbonyl (C=O) groups is 1. The normalized spacial score (nSPS) is 17.3. The van der Waals surface area contributed by atoms with Gasteiger partial charge in [0.15, 0.2) is 0 Å². The number of carbonyl (C=O) groups excluding carboxylic acids is 1. The highest BCUT2D eigenvalue weighted by Gasteiger charge is 2.21. The number of aliphatic hydroxyl groups is 1. The lowest BCUT2D eigenvalue weighted by molar-refractivity contribution is 0.0753. The quantitative estimate of drug-likeness (QED) is 0.804. The van der Waals surface area contributed by atoms with Gasteiger partial charge in [0, 0.05) is 26.2 Å². The van der Waals surface area contributed by atoms with Gasteiger partial charge in [-0.05, 0) is 25.1 Å². The third kappa shape index (κ3) is 3.71. The van der Waals surface area contributed by atoms with E-state index in [1.165, 1.54) is 18.2 Å². The summed E-state index contributed by atoms with van der Waals surface area (Å²) in [4.78, 5) is 19.6. The summed E-state index contributed by atoms with van der Waals surface area (Å²) in [5.74, 6) is -0.868. The van der Waals surface area contributed by atoms with E-state index >= 15 is 0 Å². The van der Waals surface area contributed by atoms with Crippen LogP contribution in [-0.2, 0) is 0 Å². The van der Waals surface area contributed by atoms with Crippen LogP contribution >= 0.6 is 0 Å². The number of rotatable bonds is 3. The fourth-order valence-corrected chi connectivity index (χ4v) is 2.23. The van der Waals surface area contributed by atoms with E-state index in [4.69, 9.17) is 5.11 Å². The molecule has 0 unspecified atom stereocenters. The van der Waals surface area contributed by atoms with Gasteiger partial charge in [-0.25, -0.2) is 4.98 Å². The van der Waals surface area contributed by atoms with Crippen LogP contribution in [0, 0.1) is 5.95 Å². The first-order chi connectivity index (χ1) is 9.20. The molecule has 2 rings (SSSR count). The second-order valence-electron chi connectivity index (χ2n) is 4.56. The molecular weight excluding hydrogens is 249 g/mol. The molecule has 1 aromatic rings. The molecule has 0 saturated carbocycles. The van der Waals surface area contributed by atoms with E-state index in [-0.39, 0.29) is 18.2 Å². The summed E-state index contributed by atoms with van der Waals surface area (Å²) in [6.45, 7) is 3.55. The van der Waals surface area contributed by atoms with Gasteiger partial charge in [-0.15, -0.1) is 0 Å². The number of hydrogen-bond acceptors (Lipinski definition) is 4. The van der Waals surface area contributed by atoms with E-state index in [1.807, 2.05) is 0 Å². The van der Waals surface area contributed by atoms with E-state index in [1.54, 1.807) is 4.90 Å². The summed E-state index contributed by atoms with van der Waals surface area (Å²) in [7, 11) is 0. The van der Waals surface area contributed by atoms with Crippen LogP contribution in [0.25, 0.3) is 0 Å². The molecule has 0 bridgehead atoms. The molecule has 2 heterocycles. The van der Waals surface area contributed by atoms with E-state index < -0.39 is 5.95 Å². The topological polar surface area (TPSA) is 56.7 Å². The van der Waals surface area contributed by atoms with Crippen LogP contribution in [0.1, 0.15) is 16.9 Å². The maximum absolute atomic E-state index is 13.0. The molecule has 0 spiro atoms. The van der Waals surface area contributed by atoms with Gasteiger partial charge in [0.2, 0.25) is 5.95 Å². The highest BCUT2D eigenvalue weighted by molar-refractivity contribution is 5.92. The smallest absolute Gasteiger partial charge is 0.272 e. The number of amides is 1. The monoisotopic (exact) mass is 267 g/mol. The lowest BCUT2D eigenvalue weighted by atomic mass is 10.3. The number of β-amino-alcohol motifs (C(OH)–C–C–N with tert-alkyl or cyclic N) is 1. The van der Waals surface area contributed by atoms with Crippen LogP contribution < -0.4 is 0 Å². The number of nitrogens with zero attached hydrogens (tertiary/aromatic N) is 3. The van der Waals surface area contributed by atoms with Crippen LogP contribution in [-0.4, -0.2) is 65.1 Å². The van der Waals surface area contributed by atoms with Crippen molar-refractivity contribution in [3.05, 3.63) is 29.8 Å². The Balaban J connectivity index is 2.00. The molecule has 1 aliphatic heterocycles. The van der Waals surface area contributed by atoms with Gasteiger partial charge in [0.1, 0.15) is 5.69 Å². The van der Waals surface area contributed by atoms with Gasteiger partial charge in [-0.2, -0.15) is 4.39 Å². The molecular formula is C13H18FN3O2. The second-order valence-corrected chi connectivity index (χ2v) is 4.56. The minimum Gasteiger partial charge on any atom is -0.395 e. The van der Waals surface area contributed by atoms with Crippen molar-refractivity contribution >= 4 is 5.91 Å². The maximum atomic E-state index is 13.0. The molecule has 0 atom stereocenters. The summed E-state index contributed by atoms with van der Waals surface area (Å²) < 4.78 is 13.0. The highest BCUT2D eigenvalue weighted by Crippen LogP contribution is 2.08. The summed E-state index contributed by atoms with van der Waals surface area (Å²) in [6, 6.07) is 4.25. The molecule has 5 nitrogen and oxygen atoms in total. The van der Waals surface area contributed by atoms with Gasteiger partial charge in [-0.3, -0.25) is 9.69 Å². The first kappa shape index (κ1) is 13.9. The maximum Gasteiger partial charge on any atom is 0.272 e. The predicted octanol–water partition coefficient (Wildman–Crippen LogP) is 0.361. The van der Waals surface area contributed by atoms with Crippen LogP contribution in [0.15, 0.2) is 18.2 Å². The minimum absolute atomic E-state index is 0.124. The summed E-state index contributed by atoms with van der Waals surface area (Å²) in [5, 5.41) is 8.92. The zero-order valence-electron chi connectivity index (χ0n) is 10.8. The fourth-order valence-electron chi connectivity index (χ4n) is 2.23. The Morgan fingerprint density at radius 1 is 1.32 bits per heavy atom. The second kappa shape index (κ2) is 6.58. The van der Waals surface area contributed by atoms with Gasteiger partial charge >= 0.3 is 0 Å². The average Bonchev–Trinajstić information content (AvgIpc) is 2.64. The minimum atomic E-state index is -0.637. The molecule has 104 valence electrons. The zero-order valence-corrected chi connectivity index (χ0v) is 10.8. The average molecular weight is 267 g/mol. The Hall–Kier alpha value is -1.53. The van der Waals surface area contributed by atoms with Crippen molar-refractivity contribution in [2.45, 2.75) is 6.42 Å². The molecule has 1 N–H and O–H groups in total. The largest absolute Gasteiger partial charge is 0.395 e. The first-order valence-electron chi connectivity index (χ1n) is 6.46. The van der Waals surface area contributed by atoms with Gasteiger partial charge in [0.05, 0.1) is 6.61 Å². The molecule has 19 heavy (non-hydrogen) atoms. The van der Waals surface area contributed by atoms with E-state index in [2.05, 4.69) is 9.88 Å². The molecule has 1 saturated heterocycles. The van der Waals surface area contributed by atoms with Crippen molar-refractivity contribution in [3.63, 3.8) is 0 Å². The molecule has 1 amide bonds. The van der Waals surface area contributed by atoms with Gasteiger partial charge in [-0.1, -0.05) is 6.07 Å². The molecule has 0 aliphatic carbocycles. The van der Waals surface area contributed by atoms with E-state index in [9.17, 15) is 9.18 Å². The summed E-state index contributed by atoms with van der Waals surface area (Å²) >= 11 is 0. The Labute approximate surface area is 111 Å². The molecule has 1 aliphatic rings. The van der Waals surface area contributed by atoms with Crippen LogP contribution in [0.5, 0.6) is 0 Å². The Morgan fingerprint density at radius 3 is 2.89 bits per heavy atom. The molecule has 1 aromatic heterocycles. The Morgan fingerprint density at radius 2 is 2.16 bits per heavy atom.